The maximum atomic E-state index is 12.7. The highest BCUT2D eigenvalue weighted by Crippen LogP contribution is 2.61. The zero-order valence-corrected chi connectivity index (χ0v) is 33.9. The normalized spacial score (nSPS) is 21.2. The van der Waals surface area contributed by atoms with E-state index in [-0.39, 0.29) is 48.7 Å². The fourth-order valence-electron chi connectivity index (χ4n) is 4.84. The van der Waals surface area contributed by atoms with Gasteiger partial charge in [-0.2, -0.15) is 4.31 Å². The summed E-state index contributed by atoms with van der Waals surface area (Å²) < 4.78 is 61.9. The molecule has 0 radical (unpaired) electrons. The molecular formula is C27H41N7O20P3S-. The van der Waals surface area contributed by atoms with Crippen molar-refractivity contribution in [3.05, 3.63) is 12.7 Å². The van der Waals surface area contributed by atoms with Crippen molar-refractivity contribution in [1.29, 1.82) is 0 Å². The SMILES string of the molecule is CC(C)(COP(=O)(O)OP(=O)(O)OCC1OC(n2cnc3c(N)ncnc32)C(O)C1OP(=O)(O)O)C(O)C(=O)NCCC(=O)NCCSC(=O)CC(=O)CCC(=O)[O-]. The summed E-state index contributed by atoms with van der Waals surface area (Å²) in [7, 11) is -16.5. The first-order valence-corrected chi connectivity index (χ1v) is 22.1. The molecule has 1 fully saturated rings. The molecule has 0 aliphatic carbocycles. The number of hydrogen-bond acceptors (Lipinski definition) is 21. The molecule has 326 valence electrons. The topological polar surface area (TPSA) is 421 Å². The van der Waals surface area contributed by atoms with Gasteiger partial charge in [0.25, 0.3) is 0 Å². The molecule has 0 saturated carbocycles. The van der Waals surface area contributed by atoms with Gasteiger partial charge >= 0.3 is 23.5 Å². The number of hydrogen-bond donors (Lipinski definition) is 9. The van der Waals surface area contributed by atoms with E-state index in [4.69, 9.17) is 19.5 Å². The third-order valence-corrected chi connectivity index (χ3v) is 11.7. The van der Waals surface area contributed by atoms with Gasteiger partial charge in [0.05, 0.1) is 26.0 Å². The number of phosphoric acid groups is 3. The van der Waals surface area contributed by atoms with Crippen LogP contribution in [0.15, 0.2) is 12.7 Å². The van der Waals surface area contributed by atoms with E-state index in [2.05, 4.69) is 34.4 Å². The van der Waals surface area contributed by atoms with E-state index in [1.807, 2.05) is 0 Å². The molecule has 2 aromatic rings. The number of amides is 2. The summed E-state index contributed by atoms with van der Waals surface area (Å²) in [5.41, 5.74) is 4.16. The molecule has 2 aromatic heterocycles. The first-order valence-electron chi connectivity index (χ1n) is 16.6. The lowest BCUT2D eigenvalue weighted by molar-refractivity contribution is -0.305. The van der Waals surface area contributed by atoms with Crippen molar-refractivity contribution in [2.24, 2.45) is 5.41 Å². The Bertz CT molecular complexity index is 1960. The summed E-state index contributed by atoms with van der Waals surface area (Å²) in [6, 6.07) is 0. The Kier molecular flexibility index (Phi) is 17.6. The molecule has 1 aliphatic heterocycles. The molecular weight excluding hydrogens is 867 g/mol. The lowest BCUT2D eigenvalue weighted by Crippen LogP contribution is -2.46. The van der Waals surface area contributed by atoms with Crippen molar-refractivity contribution in [1.82, 2.24) is 30.2 Å². The van der Waals surface area contributed by atoms with Crippen molar-refractivity contribution >= 4 is 80.9 Å². The van der Waals surface area contributed by atoms with E-state index in [1.165, 1.54) is 13.8 Å². The van der Waals surface area contributed by atoms with E-state index in [0.717, 1.165) is 29.0 Å². The Morgan fingerprint density at radius 1 is 1.02 bits per heavy atom. The Hall–Kier alpha value is -3.30. The predicted molar refractivity (Wildman–Crippen MR) is 191 cm³/mol. The minimum atomic E-state index is -5.60. The molecule has 0 aromatic carbocycles. The van der Waals surface area contributed by atoms with Crippen LogP contribution in [-0.2, 0) is 60.3 Å². The number of ether oxygens (including phenoxy) is 1. The second-order valence-corrected chi connectivity index (χ2v) is 18.3. The smallest absolute Gasteiger partial charge is 0.481 e. The number of carboxylic acid groups (broad SMARTS) is 1. The predicted octanol–water partition coefficient (Wildman–Crippen LogP) is -2.85. The van der Waals surface area contributed by atoms with E-state index >= 15 is 0 Å². The zero-order valence-electron chi connectivity index (χ0n) is 30.4. The molecule has 58 heavy (non-hydrogen) atoms. The summed E-state index contributed by atoms with van der Waals surface area (Å²) in [5, 5.41) is 36.0. The average molecular weight is 909 g/mol. The number of nitrogens with one attached hydrogen (secondary N) is 2. The first kappa shape index (κ1) is 49.1. The molecule has 1 saturated heterocycles. The zero-order chi connectivity index (χ0) is 43.6. The molecule has 7 atom stereocenters. The van der Waals surface area contributed by atoms with Crippen LogP contribution in [0.3, 0.4) is 0 Å². The fraction of sp³-hybridized carbons (Fsp3) is 0.630. The summed E-state index contributed by atoms with van der Waals surface area (Å²) >= 11 is 0.749. The number of anilines is 1. The molecule has 1 aliphatic rings. The number of fused-ring (bicyclic) bond motifs is 1. The van der Waals surface area contributed by atoms with Gasteiger partial charge in [0.2, 0.25) is 11.8 Å². The van der Waals surface area contributed by atoms with E-state index in [0.29, 0.717) is 0 Å². The van der Waals surface area contributed by atoms with Crippen molar-refractivity contribution in [2.75, 3.05) is 37.8 Å². The Morgan fingerprint density at radius 3 is 2.34 bits per heavy atom. The number of nitrogens with two attached hydrogens (primary N) is 1. The molecule has 10 N–H and O–H groups in total. The second kappa shape index (κ2) is 20.8. The summed E-state index contributed by atoms with van der Waals surface area (Å²) in [5.74, 6) is -3.54. The molecule has 2 amide bonds. The van der Waals surface area contributed by atoms with Crippen LogP contribution < -0.4 is 21.5 Å². The number of aliphatic hydroxyl groups is 2. The minimum absolute atomic E-state index is 0.0123. The number of Topliss-reactive ketones (excluding diaryl/α,β-unsaturated/α-hetero) is 1. The second-order valence-electron chi connectivity index (χ2n) is 12.9. The van der Waals surface area contributed by atoms with E-state index < -0.39 is 114 Å². The van der Waals surface area contributed by atoms with Gasteiger partial charge in [-0.15, -0.1) is 0 Å². The monoisotopic (exact) mass is 908 g/mol. The number of aromatic nitrogens is 4. The van der Waals surface area contributed by atoms with Crippen molar-refractivity contribution in [2.45, 2.75) is 70.2 Å². The van der Waals surface area contributed by atoms with E-state index in [1.54, 1.807) is 0 Å². The number of imidazole rings is 1. The van der Waals surface area contributed by atoms with Gasteiger partial charge in [-0.05, 0) is 6.42 Å². The number of carboxylic acids is 1. The lowest BCUT2D eigenvalue weighted by Gasteiger charge is -2.30. The number of carbonyl (C=O) groups excluding carboxylic acids is 5. The fourth-order valence-corrected chi connectivity index (χ4v) is 8.36. The highest BCUT2D eigenvalue weighted by molar-refractivity contribution is 8.13. The van der Waals surface area contributed by atoms with Gasteiger partial charge in [-0.1, -0.05) is 25.6 Å². The number of thioether (sulfide) groups is 1. The number of carbonyl (C=O) groups is 5. The average Bonchev–Trinajstić information content (AvgIpc) is 3.67. The maximum Gasteiger partial charge on any atom is 0.481 e. The number of aliphatic hydroxyl groups excluding tert-OH is 2. The number of aliphatic carboxylic acids is 1. The third kappa shape index (κ3) is 15.4. The van der Waals surface area contributed by atoms with Gasteiger partial charge in [0.15, 0.2) is 22.8 Å². The number of nitrogens with zero attached hydrogens (tertiary/aromatic N) is 4. The Balaban J connectivity index is 1.46. The standard InChI is InChI=1S/C27H42N7O20P3S/c1-27(2,22(41)25(42)30-6-5-16(36)29-7-8-58-18(39)9-14(35)3-4-17(37)38)11-51-57(48,49)54-56(46,47)50-10-15-21(53-55(43,44)45)20(40)26(52-15)34-13-33-19-23(28)31-12-32-24(19)34/h12-13,15,20-22,26,40-41H,3-11H2,1-2H3,(H,29,36)(H,30,42)(H,37,38)(H,46,47)(H,48,49)(H2,28,31,32)(H2,43,44,45)/p-1. The van der Waals surface area contributed by atoms with Crippen LogP contribution in [0.4, 0.5) is 5.82 Å². The third-order valence-electron chi connectivity index (χ3n) is 7.71. The molecule has 3 rings (SSSR count). The van der Waals surface area contributed by atoms with Crippen LogP contribution in [-0.4, -0.2) is 134 Å². The van der Waals surface area contributed by atoms with Crippen molar-refractivity contribution < 1.29 is 95.2 Å². The number of ketones is 1. The number of nitrogen functional groups attached to an aromatic ring is 1. The molecule has 0 bridgehead atoms. The van der Waals surface area contributed by atoms with Gasteiger partial charge in [0.1, 0.15) is 42.0 Å². The van der Waals surface area contributed by atoms with Gasteiger partial charge in [-0.3, -0.25) is 37.3 Å². The molecule has 7 unspecified atom stereocenters. The highest BCUT2D eigenvalue weighted by atomic mass is 32.2. The first-order chi connectivity index (χ1) is 26.8. The molecule has 0 spiro atoms. The molecule has 31 heteroatoms. The van der Waals surface area contributed by atoms with Crippen molar-refractivity contribution in [3.8, 4) is 0 Å². The van der Waals surface area contributed by atoms with Gasteiger partial charge in [-0.25, -0.2) is 28.6 Å². The Morgan fingerprint density at radius 2 is 1.69 bits per heavy atom. The van der Waals surface area contributed by atoms with Crippen LogP contribution in [0.1, 0.15) is 45.8 Å². The van der Waals surface area contributed by atoms with E-state index in [9.17, 15) is 72.6 Å². The largest absolute Gasteiger partial charge is 0.550 e. The molecule has 3 heterocycles. The Labute approximate surface area is 331 Å². The lowest BCUT2D eigenvalue weighted by atomic mass is 9.87. The van der Waals surface area contributed by atoms with Gasteiger partial charge < -0.3 is 60.8 Å². The molecule has 27 nitrogen and oxygen atoms in total. The maximum absolute atomic E-state index is 12.7. The highest BCUT2D eigenvalue weighted by Gasteiger charge is 2.50. The van der Waals surface area contributed by atoms with Gasteiger partial charge in [0, 0.05) is 43.1 Å². The summed E-state index contributed by atoms with van der Waals surface area (Å²) in [6.07, 6.45) is -8.51. The summed E-state index contributed by atoms with van der Waals surface area (Å²) in [6.45, 7) is 0.0550. The quantitative estimate of drug-likeness (QED) is 0.0291. The summed E-state index contributed by atoms with van der Waals surface area (Å²) in [4.78, 5) is 109. The van der Waals surface area contributed by atoms with Crippen molar-refractivity contribution in [3.63, 3.8) is 0 Å². The van der Waals surface area contributed by atoms with Crippen LogP contribution in [0.5, 0.6) is 0 Å². The van der Waals surface area contributed by atoms with Crippen LogP contribution in [0.25, 0.3) is 11.2 Å². The van der Waals surface area contributed by atoms with Crippen LogP contribution in [0.2, 0.25) is 0 Å². The minimum Gasteiger partial charge on any atom is -0.550 e. The van der Waals surface area contributed by atoms with Crippen LogP contribution >= 0.6 is 35.2 Å². The number of rotatable bonds is 24. The number of phosphoric ester groups is 3. The van der Waals surface area contributed by atoms with Crippen LogP contribution in [0, 0.1) is 5.41 Å².